The molecule has 1 atom stereocenters. The van der Waals surface area contributed by atoms with Crippen LogP contribution in [-0.4, -0.2) is 54.3 Å². The lowest BCUT2D eigenvalue weighted by Gasteiger charge is -2.30. The molecule has 1 aliphatic rings. The van der Waals surface area contributed by atoms with Crippen molar-refractivity contribution in [2.75, 3.05) is 26.3 Å². The molecule has 23 heavy (non-hydrogen) atoms. The molecule has 0 spiro atoms. The number of aryl methyl sites for hydroxylation is 2. The van der Waals surface area contributed by atoms with Gasteiger partial charge in [0.1, 0.15) is 5.75 Å². The Balaban J connectivity index is 1.72. The van der Waals surface area contributed by atoms with Gasteiger partial charge in [-0.15, -0.1) is 0 Å². The summed E-state index contributed by atoms with van der Waals surface area (Å²) in [7, 11) is 0. The van der Waals surface area contributed by atoms with Gasteiger partial charge in [-0.3, -0.25) is 4.79 Å². The Morgan fingerprint density at radius 2 is 2.13 bits per heavy atom. The van der Waals surface area contributed by atoms with Crippen LogP contribution in [0.5, 0.6) is 5.75 Å². The van der Waals surface area contributed by atoms with Crippen molar-refractivity contribution in [3.05, 3.63) is 29.3 Å². The van der Waals surface area contributed by atoms with Crippen LogP contribution in [0.2, 0.25) is 0 Å². The SMILES string of the molecule is Cc1ccc(OCCCC(=O)N2CCOC(C(=O)O)C2)cc1C. The highest BCUT2D eigenvalue weighted by atomic mass is 16.5. The average Bonchev–Trinajstić information content (AvgIpc) is 2.54. The molecule has 126 valence electrons. The molecule has 1 aliphatic heterocycles. The number of morpholine rings is 1. The van der Waals surface area contributed by atoms with Gasteiger partial charge < -0.3 is 19.5 Å². The molecule has 1 amide bonds. The van der Waals surface area contributed by atoms with Crippen molar-refractivity contribution in [3.63, 3.8) is 0 Å². The molecule has 6 nitrogen and oxygen atoms in total. The summed E-state index contributed by atoms with van der Waals surface area (Å²) in [5.74, 6) is -0.276. The highest BCUT2D eigenvalue weighted by molar-refractivity contribution is 5.78. The summed E-state index contributed by atoms with van der Waals surface area (Å²) >= 11 is 0. The first kappa shape index (κ1) is 17.3. The van der Waals surface area contributed by atoms with Gasteiger partial charge in [0.15, 0.2) is 6.10 Å². The molecular weight excluding hydrogens is 298 g/mol. The van der Waals surface area contributed by atoms with Crippen molar-refractivity contribution < 1.29 is 24.2 Å². The van der Waals surface area contributed by atoms with Gasteiger partial charge in [-0.05, 0) is 43.5 Å². The van der Waals surface area contributed by atoms with Crippen LogP contribution in [0.3, 0.4) is 0 Å². The second kappa shape index (κ2) is 7.97. The Bertz CT molecular complexity index is 572. The number of amides is 1. The minimum absolute atomic E-state index is 0.0526. The van der Waals surface area contributed by atoms with Gasteiger partial charge in [-0.25, -0.2) is 4.79 Å². The van der Waals surface area contributed by atoms with Crippen molar-refractivity contribution in [3.8, 4) is 5.75 Å². The molecular formula is C17H23NO5. The molecule has 1 N–H and O–H groups in total. The number of nitrogens with zero attached hydrogens (tertiary/aromatic N) is 1. The molecule has 1 heterocycles. The smallest absolute Gasteiger partial charge is 0.334 e. The quantitative estimate of drug-likeness (QED) is 0.808. The average molecular weight is 321 g/mol. The van der Waals surface area contributed by atoms with Crippen molar-refractivity contribution in [1.29, 1.82) is 0 Å². The first-order valence-corrected chi connectivity index (χ1v) is 7.79. The Hall–Kier alpha value is -2.08. The highest BCUT2D eigenvalue weighted by Crippen LogP contribution is 2.17. The van der Waals surface area contributed by atoms with E-state index in [9.17, 15) is 9.59 Å². The maximum atomic E-state index is 12.1. The normalized spacial score (nSPS) is 17.8. The molecule has 1 unspecified atom stereocenters. The van der Waals surface area contributed by atoms with Gasteiger partial charge in [-0.1, -0.05) is 6.07 Å². The van der Waals surface area contributed by atoms with E-state index in [0.29, 0.717) is 26.0 Å². The van der Waals surface area contributed by atoms with E-state index in [1.807, 2.05) is 32.0 Å². The lowest BCUT2D eigenvalue weighted by atomic mass is 10.1. The van der Waals surface area contributed by atoms with Gasteiger partial charge in [0.05, 0.1) is 19.8 Å². The predicted octanol–water partition coefficient (Wildman–Crippen LogP) is 1.77. The summed E-state index contributed by atoms with van der Waals surface area (Å²) < 4.78 is 10.8. The summed E-state index contributed by atoms with van der Waals surface area (Å²) in [5.41, 5.74) is 2.39. The summed E-state index contributed by atoms with van der Waals surface area (Å²) in [6, 6.07) is 5.91. The summed E-state index contributed by atoms with van der Waals surface area (Å²) in [6.07, 6.45) is 0.0254. The van der Waals surface area contributed by atoms with Crippen LogP contribution in [0.4, 0.5) is 0 Å². The third kappa shape index (κ3) is 4.96. The van der Waals surface area contributed by atoms with Crippen LogP contribution >= 0.6 is 0 Å². The maximum absolute atomic E-state index is 12.1. The number of carbonyl (C=O) groups excluding carboxylic acids is 1. The molecule has 0 bridgehead atoms. The third-order valence-corrected chi connectivity index (χ3v) is 3.98. The van der Waals surface area contributed by atoms with E-state index in [4.69, 9.17) is 14.6 Å². The summed E-state index contributed by atoms with van der Waals surface area (Å²) in [6.45, 7) is 5.36. The number of benzene rings is 1. The van der Waals surface area contributed by atoms with Gasteiger partial charge in [0.25, 0.3) is 0 Å². The fourth-order valence-electron chi connectivity index (χ4n) is 2.40. The van der Waals surface area contributed by atoms with E-state index in [1.165, 1.54) is 11.1 Å². The topological polar surface area (TPSA) is 76.1 Å². The zero-order valence-electron chi connectivity index (χ0n) is 13.6. The van der Waals surface area contributed by atoms with Crippen LogP contribution in [0.25, 0.3) is 0 Å². The molecule has 0 aliphatic carbocycles. The van der Waals surface area contributed by atoms with Crippen molar-refractivity contribution in [2.24, 2.45) is 0 Å². The number of ether oxygens (including phenoxy) is 2. The Morgan fingerprint density at radius 1 is 1.35 bits per heavy atom. The molecule has 2 rings (SSSR count). The first-order valence-electron chi connectivity index (χ1n) is 7.79. The highest BCUT2D eigenvalue weighted by Gasteiger charge is 2.28. The number of aliphatic carboxylic acids is 1. The van der Waals surface area contributed by atoms with Crippen LogP contribution in [0.15, 0.2) is 18.2 Å². The molecule has 6 heteroatoms. The second-order valence-electron chi connectivity index (χ2n) is 5.74. The third-order valence-electron chi connectivity index (χ3n) is 3.98. The van der Waals surface area contributed by atoms with E-state index in [0.717, 1.165) is 5.75 Å². The van der Waals surface area contributed by atoms with Crippen LogP contribution < -0.4 is 4.74 Å². The zero-order chi connectivity index (χ0) is 16.8. The fraction of sp³-hybridized carbons (Fsp3) is 0.529. The molecule has 1 fully saturated rings. The van der Waals surface area contributed by atoms with Crippen LogP contribution in [0, 0.1) is 13.8 Å². The van der Waals surface area contributed by atoms with Crippen molar-refractivity contribution in [2.45, 2.75) is 32.8 Å². The number of hydrogen-bond acceptors (Lipinski definition) is 4. The molecule has 0 saturated carbocycles. The van der Waals surface area contributed by atoms with Gasteiger partial charge in [-0.2, -0.15) is 0 Å². The number of hydrogen-bond donors (Lipinski definition) is 1. The summed E-state index contributed by atoms with van der Waals surface area (Å²) in [4.78, 5) is 24.6. The monoisotopic (exact) mass is 321 g/mol. The Kier molecular flexibility index (Phi) is 5.98. The largest absolute Gasteiger partial charge is 0.494 e. The van der Waals surface area contributed by atoms with Crippen LogP contribution in [0.1, 0.15) is 24.0 Å². The first-order chi connectivity index (χ1) is 11.0. The molecule has 1 saturated heterocycles. The second-order valence-corrected chi connectivity index (χ2v) is 5.74. The lowest BCUT2D eigenvalue weighted by Crippen LogP contribution is -2.48. The van der Waals surface area contributed by atoms with Gasteiger partial charge in [0.2, 0.25) is 5.91 Å². The van der Waals surface area contributed by atoms with Crippen molar-refractivity contribution in [1.82, 2.24) is 4.90 Å². The minimum Gasteiger partial charge on any atom is -0.494 e. The maximum Gasteiger partial charge on any atom is 0.334 e. The number of carboxylic acids is 1. The standard InChI is InChI=1S/C17H23NO5/c1-12-5-6-14(10-13(12)2)22-8-3-4-16(19)18-7-9-23-15(11-18)17(20)21/h5-6,10,15H,3-4,7-9,11H2,1-2H3,(H,20,21). The predicted molar refractivity (Wildman–Crippen MR) is 84.6 cm³/mol. The zero-order valence-corrected chi connectivity index (χ0v) is 13.6. The van der Waals surface area contributed by atoms with Crippen molar-refractivity contribution >= 4 is 11.9 Å². The molecule has 1 aromatic rings. The summed E-state index contributed by atoms with van der Waals surface area (Å²) in [5, 5.41) is 8.94. The fourth-order valence-corrected chi connectivity index (χ4v) is 2.40. The lowest BCUT2D eigenvalue weighted by molar-refractivity contribution is -0.159. The van der Waals surface area contributed by atoms with Gasteiger partial charge in [0, 0.05) is 13.0 Å². The molecule has 0 aromatic heterocycles. The van der Waals surface area contributed by atoms with E-state index >= 15 is 0 Å². The molecule has 1 aromatic carbocycles. The molecule has 0 radical (unpaired) electrons. The Labute approximate surface area is 136 Å². The van der Waals surface area contributed by atoms with E-state index in [-0.39, 0.29) is 19.1 Å². The number of carboxylic acid groups (broad SMARTS) is 1. The Morgan fingerprint density at radius 3 is 2.83 bits per heavy atom. The van der Waals surface area contributed by atoms with E-state index in [1.54, 1.807) is 4.90 Å². The van der Waals surface area contributed by atoms with Gasteiger partial charge >= 0.3 is 5.97 Å². The number of carbonyl (C=O) groups is 2. The van der Waals surface area contributed by atoms with Crippen LogP contribution in [-0.2, 0) is 14.3 Å². The van der Waals surface area contributed by atoms with E-state index < -0.39 is 12.1 Å². The minimum atomic E-state index is -1.03. The van der Waals surface area contributed by atoms with E-state index in [2.05, 4.69) is 0 Å². The number of rotatable bonds is 6.